The van der Waals surface area contributed by atoms with Gasteiger partial charge in [0.05, 0.1) is 30.8 Å². The number of hydrazone groups is 1. The molecule has 0 spiro atoms. The molecule has 1 saturated heterocycles. The first-order chi connectivity index (χ1) is 14.5. The SMILES string of the molecule is C=NN(CCOC1CCCCO1)NC(N)=NCc1cc(C(F)(F)F)cc(C(F)(F)F)c1. The molecule has 1 aromatic rings. The molecule has 1 heterocycles. The molecule has 3 N–H and O–H groups in total. The smallest absolute Gasteiger partial charge is 0.369 e. The molecule has 0 radical (unpaired) electrons. The zero-order chi connectivity index (χ0) is 23.1. The first-order valence-electron chi connectivity index (χ1n) is 9.31. The Bertz CT molecular complexity index is 731. The molecule has 1 aliphatic heterocycles. The highest BCUT2D eigenvalue weighted by molar-refractivity contribution is 5.77. The van der Waals surface area contributed by atoms with Crippen LogP contribution < -0.4 is 11.2 Å². The molecule has 31 heavy (non-hydrogen) atoms. The van der Waals surface area contributed by atoms with Gasteiger partial charge in [-0.3, -0.25) is 5.43 Å². The molecule has 0 bridgehead atoms. The minimum atomic E-state index is -4.94. The molecule has 0 aromatic heterocycles. The third-order valence-corrected chi connectivity index (χ3v) is 4.24. The van der Waals surface area contributed by atoms with Crippen LogP contribution in [0.5, 0.6) is 0 Å². The van der Waals surface area contributed by atoms with Gasteiger partial charge in [0.2, 0.25) is 5.96 Å². The highest BCUT2D eigenvalue weighted by atomic mass is 19.4. The quantitative estimate of drug-likeness (QED) is 0.271. The minimum Gasteiger partial charge on any atom is -0.369 e. The van der Waals surface area contributed by atoms with E-state index in [0.717, 1.165) is 19.3 Å². The van der Waals surface area contributed by atoms with E-state index in [4.69, 9.17) is 15.2 Å². The van der Waals surface area contributed by atoms with E-state index in [1.165, 1.54) is 5.12 Å². The molecule has 0 saturated carbocycles. The van der Waals surface area contributed by atoms with E-state index in [1.807, 2.05) is 0 Å². The standard InChI is InChI=1S/C18H23F6N5O2/c1-26-29(5-7-31-15-4-2-3-6-30-15)28-16(25)27-11-12-8-13(17(19,20)21)10-14(9-12)18(22,23)24/h8-10,15H,1-7,11H2,(H3,25,27,28). The molecule has 1 unspecified atom stereocenters. The highest BCUT2D eigenvalue weighted by Crippen LogP contribution is 2.36. The van der Waals surface area contributed by atoms with E-state index >= 15 is 0 Å². The molecule has 2 rings (SSSR count). The van der Waals surface area contributed by atoms with Gasteiger partial charge < -0.3 is 15.2 Å². The third kappa shape index (κ3) is 8.25. The average Bonchev–Trinajstić information content (AvgIpc) is 2.71. The zero-order valence-corrected chi connectivity index (χ0v) is 16.5. The van der Waals surface area contributed by atoms with E-state index in [-0.39, 0.29) is 37.0 Å². The van der Waals surface area contributed by atoms with Crippen LogP contribution in [0.4, 0.5) is 26.3 Å². The maximum Gasteiger partial charge on any atom is 0.416 e. The van der Waals surface area contributed by atoms with Crippen LogP contribution in [0, 0.1) is 0 Å². The summed E-state index contributed by atoms with van der Waals surface area (Å²) in [5, 5.41) is 4.83. The Morgan fingerprint density at radius 3 is 2.32 bits per heavy atom. The fourth-order valence-electron chi connectivity index (χ4n) is 2.73. The number of nitrogens with zero attached hydrogens (tertiary/aromatic N) is 3. The monoisotopic (exact) mass is 455 g/mol. The molecule has 174 valence electrons. The van der Waals surface area contributed by atoms with Crippen LogP contribution in [0.15, 0.2) is 28.3 Å². The number of halogens is 6. The predicted molar refractivity (Wildman–Crippen MR) is 101 cm³/mol. The Morgan fingerprint density at radius 1 is 1.16 bits per heavy atom. The molecule has 1 fully saturated rings. The van der Waals surface area contributed by atoms with E-state index in [0.29, 0.717) is 18.7 Å². The third-order valence-electron chi connectivity index (χ3n) is 4.24. The second kappa shape index (κ2) is 10.7. The summed E-state index contributed by atoms with van der Waals surface area (Å²) in [6.07, 6.45) is -7.43. The van der Waals surface area contributed by atoms with Crippen molar-refractivity contribution in [2.24, 2.45) is 15.8 Å². The maximum atomic E-state index is 12.9. The van der Waals surface area contributed by atoms with Crippen molar-refractivity contribution in [3.05, 3.63) is 34.9 Å². The number of alkyl halides is 6. The maximum absolute atomic E-state index is 12.9. The van der Waals surface area contributed by atoms with Gasteiger partial charge >= 0.3 is 12.4 Å². The topological polar surface area (TPSA) is 84.5 Å². The molecule has 1 atom stereocenters. The van der Waals surface area contributed by atoms with Gasteiger partial charge in [-0.05, 0) is 43.0 Å². The van der Waals surface area contributed by atoms with Gasteiger partial charge in [0.15, 0.2) is 6.29 Å². The molecule has 0 aliphatic carbocycles. The molecule has 13 heteroatoms. The van der Waals surface area contributed by atoms with Crippen molar-refractivity contribution in [1.29, 1.82) is 0 Å². The lowest BCUT2D eigenvalue weighted by molar-refractivity contribution is -0.164. The second-order valence-electron chi connectivity index (χ2n) is 6.66. The normalized spacial score (nSPS) is 18.0. The van der Waals surface area contributed by atoms with Gasteiger partial charge in [-0.2, -0.15) is 31.4 Å². The van der Waals surface area contributed by atoms with Crippen molar-refractivity contribution in [3.63, 3.8) is 0 Å². The number of nitrogens with two attached hydrogens (primary N) is 1. The number of hydrogen-bond acceptors (Lipinski definition) is 5. The number of benzene rings is 1. The molecular formula is C18H23F6N5O2. The van der Waals surface area contributed by atoms with Gasteiger partial charge in [-0.25, -0.2) is 10.1 Å². The predicted octanol–water partition coefficient (Wildman–Crippen LogP) is 3.50. The lowest BCUT2D eigenvalue weighted by Gasteiger charge is -2.24. The number of ether oxygens (including phenoxy) is 2. The molecule has 1 aliphatic rings. The van der Waals surface area contributed by atoms with Crippen LogP contribution in [-0.2, 0) is 28.4 Å². The van der Waals surface area contributed by atoms with Crippen molar-refractivity contribution in [1.82, 2.24) is 10.5 Å². The molecule has 0 amide bonds. The van der Waals surface area contributed by atoms with Crippen LogP contribution in [0.25, 0.3) is 0 Å². The molecular weight excluding hydrogens is 432 g/mol. The van der Waals surface area contributed by atoms with Crippen molar-refractivity contribution in [2.45, 2.75) is 44.4 Å². The number of nitrogens with one attached hydrogen (secondary N) is 1. The van der Waals surface area contributed by atoms with Gasteiger partial charge in [-0.1, -0.05) is 0 Å². The number of rotatable bonds is 8. The van der Waals surface area contributed by atoms with Gasteiger partial charge in [0.1, 0.15) is 0 Å². The number of hydrogen-bond donors (Lipinski definition) is 2. The van der Waals surface area contributed by atoms with Crippen LogP contribution in [0.1, 0.15) is 36.0 Å². The van der Waals surface area contributed by atoms with E-state index in [2.05, 4.69) is 22.2 Å². The van der Waals surface area contributed by atoms with Gasteiger partial charge in [0.25, 0.3) is 0 Å². The van der Waals surface area contributed by atoms with Crippen LogP contribution in [0.3, 0.4) is 0 Å². The summed E-state index contributed by atoms with van der Waals surface area (Å²) < 4.78 is 88.5. The number of hydrazine groups is 1. The van der Waals surface area contributed by atoms with E-state index in [1.54, 1.807) is 0 Å². The summed E-state index contributed by atoms with van der Waals surface area (Å²) in [5.41, 5.74) is 5.05. The fourth-order valence-corrected chi connectivity index (χ4v) is 2.73. The summed E-state index contributed by atoms with van der Waals surface area (Å²) in [7, 11) is 0. The van der Waals surface area contributed by atoms with E-state index < -0.39 is 30.0 Å². The lowest BCUT2D eigenvalue weighted by atomic mass is 10.0. The Hall–Kier alpha value is -2.54. The summed E-state index contributed by atoms with van der Waals surface area (Å²) in [6.45, 7) is 3.86. The van der Waals surface area contributed by atoms with Crippen molar-refractivity contribution < 1.29 is 35.8 Å². The minimum absolute atomic E-state index is 0.0498. The lowest BCUT2D eigenvalue weighted by Crippen LogP contribution is -2.44. The number of guanidine groups is 1. The Labute approximate surface area is 174 Å². The van der Waals surface area contributed by atoms with Crippen LogP contribution in [-0.4, -0.2) is 43.8 Å². The Morgan fingerprint density at radius 2 is 1.81 bits per heavy atom. The first-order valence-corrected chi connectivity index (χ1v) is 9.31. The molecule has 7 nitrogen and oxygen atoms in total. The Balaban J connectivity index is 1.97. The number of aliphatic imine (C=N–C) groups is 1. The van der Waals surface area contributed by atoms with Crippen molar-refractivity contribution in [2.75, 3.05) is 19.8 Å². The zero-order valence-electron chi connectivity index (χ0n) is 16.5. The second-order valence-corrected chi connectivity index (χ2v) is 6.66. The van der Waals surface area contributed by atoms with Crippen LogP contribution >= 0.6 is 0 Å². The Kier molecular flexibility index (Phi) is 8.51. The average molecular weight is 455 g/mol. The first kappa shape index (κ1) is 24.7. The van der Waals surface area contributed by atoms with Gasteiger partial charge in [0, 0.05) is 13.3 Å². The summed E-state index contributed by atoms with van der Waals surface area (Å²) in [5.74, 6) is -0.271. The van der Waals surface area contributed by atoms with Gasteiger partial charge in [-0.15, -0.1) is 0 Å². The summed E-state index contributed by atoms with van der Waals surface area (Å²) >= 11 is 0. The van der Waals surface area contributed by atoms with Crippen LogP contribution in [0.2, 0.25) is 0 Å². The fraction of sp³-hybridized carbons (Fsp3) is 0.556. The van der Waals surface area contributed by atoms with E-state index in [9.17, 15) is 26.3 Å². The molecule has 1 aromatic carbocycles. The highest BCUT2D eigenvalue weighted by Gasteiger charge is 2.36. The summed E-state index contributed by atoms with van der Waals surface area (Å²) in [4.78, 5) is 3.78. The van der Waals surface area contributed by atoms with Crippen molar-refractivity contribution in [3.8, 4) is 0 Å². The largest absolute Gasteiger partial charge is 0.416 e. The summed E-state index contributed by atoms with van der Waals surface area (Å²) in [6, 6.07) is 1.23. The van der Waals surface area contributed by atoms with Crippen molar-refractivity contribution >= 4 is 12.7 Å².